The Morgan fingerprint density at radius 1 is 1.32 bits per heavy atom. The number of nitrogens with zero attached hydrogens (tertiary/aromatic N) is 3. The van der Waals surface area contributed by atoms with E-state index in [0.29, 0.717) is 28.0 Å². The summed E-state index contributed by atoms with van der Waals surface area (Å²) in [6.07, 6.45) is 1.54. The average Bonchev–Trinajstić information content (AvgIpc) is 2.97. The Hall–Kier alpha value is -2.60. The van der Waals surface area contributed by atoms with Crippen molar-refractivity contribution in [2.75, 3.05) is 19.0 Å². The molecule has 0 saturated heterocycles. The van der Waals surface area contributed by atoms with E-state index in [2.05, 4.69) is 15.3 Å². The Morgan fingerprint density at radius 2 is 2.08 bits per heavy atom. The zero-order chi connectivity index (χ0) is 18.1. The number of furan rings is 1. The fraction of sp³-hybridized carbons (Fsp3) is 0.278. The summed E-state index contributed by atoms with van der Waals surface area (Å²) in [7, 11) is 3.70. The van der Waals surface area contributed by atoms with Gasteiger partial charge in [0.2, 0.25) is 5.95 Å². The molecule has 0 aliphatic rings. The van der Waals surface area contributed by atoms with Gasteiger partial charge in [0.15, 0.2) is 0 Å². The molecule has 2 aromatic heterocycles. The maximum atomic E-state index is 12.5. The molecule has 0 bridgehead atoms. The molecular weight excluding hydrogens is 340 g/mol. The third-order valence-corrected chi connectivity index (χ3v) is 4.12. The van der Waals surface area contributed by atoms with Crippen LogP contribution in [0.4, 0.5) is 5.95 Å². The number of halogens is 1. The van der Waals surface area contributed by atoms with Crippen molar-refractivity contribution < 1.29 is 9.21 Å². The molecule has 0 aliphatic carbocycles. The van der Waals surface area contributed by atoms with Crippen molar-refractivity contribution in [3.8, 4) is 0 Å². The molecule has 7 heteroatoms. The summed E-state index contributed by atoms with van der Waals surface area (Å²) in [6, 6.07) is 6.99. The van der Waals surface area contributed by atoms with Crippen LogP contribution in [0, 0.1) is 6.92 Å². The molecule has 2 heterocycles. The molecule has 1 N–H and O–H groups in total. The monoisotopic (exact) mass is 358 g/mol. The predicted octanol–water partition coefficient (Wildman–Crippen LogP) is 3.74. The van der Waals surface area contributed by atoms with Crippen LogP contribution < -0.4 is 10.2 Å². The average molecular weight is 359 g/mol. The van der Waals surface area contributed by atoms with Crippen molar-refractivity contribution in [1.82, 2.24) is 15.3 Å². The van der Waals surface area contributed by atoms with Gasteiger partial charge in [-0.3, -0.25) is 4.79 Å². The number of aromatic nitrogens is 2. The van der Waals surface area contributed by atoms with E-state index in [4.69, 9.17) is 16.0 Å². The van der Waals surface area contributed by atoms with E-state index in [1.807, 2.05) is 39.2 Å². The highest BCUT2D eigenvalue weighted by atomic mass is 35.5. The third kappa shape index (κ3) is 3.58. The maximum absolute atomic E-state index is 12.5. The molecule has 0 unspecified atom stereocenters. The zero-order valence-corrected chi connectivity index (χ0v) is 15.3. The standard InChI is InChI=1S/C18H19ClN4O2/c1-10-14(9-20-18(22-10)23(3)4)17(24)21-11(2)16-8-12-7-13(19)5-6-15(12)25-16/h5-9,11H,1-4H3,(H,21,24)/t11-/m0/s1. The number of rotatable bonds is 4. The summed E-state index contributed by atoms with van der Waals surface area (Å²) >= 11 is 6.00. The lowest BCUT2D eigenvalue weighted by molar-refractivity contribution is 0.0934. The molecule has 0 aliphatic heterocycles. The van der Waals surface area contributed by atoms with Gasteiger partial charge in [-0.1, -0.05) is 11.6 Å². The van der Waals surface area contributed by atoms with Gasteiger partial charge in [-0.15, -0.1) is 0 Å². The number of benzene rings is 1. The van der Waals surface area contributed by atoms with Crippen LogP contribution in [0.5, 0.6) is 0 Å². The van der Waals surface area contributed by atoms with E-state index in [1.165, 1.54) is 6.20 Å². The van der Waals surface area contributed by atoms with Crippen molar-refractivity contribution in [2.45, 2.75) is 19.9 Å². The van der Waals surface area contributed by atoms with Crippen molar-refractivity contribution in [3.05, 3.63) is 52.5 Å². The first kappa shape index (κ1) is 17.2. The highest BCUT2D eigenvalue weighted by Gasteiger charge is 2.18. The van der Waals surface area contributed by atoms with Gasteiger partial charge in [0.1, 0.15) is 11.3 Å². The molecule has 1 amide bonds. The van der Waals surface area contributed by atoms with E-state index >= 15 is 0 Å². The van der Waals surface area contributed by atoms with Crippen LogP contribution in [0.3, 0.4) is 0 Å². The second-order valence-corrected chi connectivity index (χ2v) is 6.53. The van der Waals surface area contributed by atoms with Crippen LogP contribution in [0.2, 0.25) is 5.02 Å². The van der Waals surface area contributed by atoms with Crippen molar-refractivity contribution in [1.29, 1.82) is 0 Å². The number of hydrogen-bond acceptors (Lipinski definition) is 5. The van der Waals surface area contributed by atoms with Gasteiger partial charge in [-0.2, -0.15) is 0 Å². The number of carbonyl (C=O) groups is 1. The van der Waals surface area contributed by atoms with E-state index in [9.17, 15) is 4.79 Å². The van der Waals surface area contributed by atoms with Gasteiger partial charge in [-0.25, -0.2) is 9.97 Å². The van der Waals surface area contributed by atoms with Crippen LogP contribution in [0.15, 0.2) is 34.9 Å². The van der Waals surface area contributed by atoms with Crippen LogP contribution >= 0.6 is 11.6 Å². The number of hydrogen-bond donors (Lipinski definition) is 1. The molecule has 3 aromatic rings. The number of anilines is 1. The fourth-order valence-electron chi connectivity index (χ4n) is 2.49. The molecule has 0 fully saturated rings. The summed E-state index contributed by atoms with van der Waals surface area (Å²) in [6.45, 7) is 3.65. The highest BCUT2D eigenvalue weighted by molar-refractivity contribution is 6.31. The van der Waals surface area contributed by atoms with Crippen LogP contribution in [0.25, 0.3) is 11.0 Å². The molecular formula is C18H19ClN4O2. The van der Waals surface area contributed by atoms with Crippen LogP contribution in [-0.4, -0.2) is 30.0 Å². The number of carbonyl (C=O) groups excluding carboxylic acids is 1. The van der Waals surface area contributed by atoms with Gasteiger partial charge in [0, 0.05) is 30.7 Å². The number of aryl methyl sites for hydroxylation is 1. The maximum Gasteiger partial charge on any atom is 0.255 e. The number of fused-ring (bicyclic) bond motifs is 1. The summed E-state index contributed by atoms with van der Waals surface area (Å²) in [5.74, 6) is 0.985. The lowest BCUT2D eigenvalue weighted by atomic mass is 10.2. The quantitative estimate of drug-likeness (QED) is 0.769. The molecule has 25 heavy (non-hydrogen) atoms. The minimum atomic E-state index is -0.299. The van der Waals surface area contributed by atoms with E-state index in [1.54, 1.807) is 17.9 Å². The molecule has 1 atom stereocenters. The van der Waals surface area contributed by atoms with Gasteiger partial charge in [0.25, 0.3) is 5.91 Å². The predicted molar refractivity (Wildman–Crippen MR) is 98.2 cm³/mol. The smallest absolute Gasteiger partial charge is 0.255 e. The molecule has 0 spiro atoms. The number of amides is 1. The first-order chi connectivity index (χ1) is 11.8. The minimum Gasteiger partial charge on any atom is -0.459 e. The van der Waals surface area contributed by atoms with Gasteiger partial charge in [-0.05, 0) is 38.1 Å². The van der Waals surface area contributed by atoms with Crippen LogP contribution in [0.1, 0.15) is 34.8 Å². The van der Waals surface area contributed by atoms with E-state index in [0.717, 1.165) is 11.0 Å². The van der Waals surface area contributed by atoms with Crippen LogP contribution in [-0.2, 0) is 0 Å². The van der Waals surface area contributed by atoms with Gasteiger partial charge >= 0.3 is 0 Å². The summed E-state index contributed by atoms with van der Waals surface area (Å²) < 4.78 is 5.79. The molecule has 1 aromatic carbocycles. The lowest BCUT2D eigenvalue weighted by Gasteiger charge is -2.14. The fourth-order valence-corrected chi connectivity index (χ4v) is 2.67. The van der Waals surface area contributed by atoms with Gasteiger partial charge in [0.05, 0.1) is 17.3 Å². The molecule has 6 nitrogen and oxygen atoms in total. The SMILES string of the molecule is Cc1nc(N(C)C)ncc1C(=O)N[C@@H](C)c1cc2cc(Cl)ccc2o1. The topological polar surface area (TPSA) is 71.3 Å². The Morgan fingerprint density at radius 3 is 2.76 bits per heavy atom. The minimum absolute atomic E-state index is 0.242. The van der Waals surface area contributed by atoms with Crippen molar-refractivity contribution in [3.63, 3.8) is 0 Å². The van der Waals surface area contributed by atoms with Crippen molar-refractivity contribution in [2.24, 2.45) is 0 Å². The molecule has 130 valence electrons. The van der Waals surface area contributed by atoms with Crippen molar-refractivity contribution >= 4 is 34.4 Å². The van der Waals surface area contributed by atoms with E-state index in [-0.39, 0.29) is 11.9 Å². The highest BCUT2D eigenvalue weighted by Crippen LogP contribution is 2.26. The first-order valence-corrected chi connectivity index (χ1v) is 8.24. The lowest BCUT2D eigenvalue weighted by Crippen LogP contribution is -2.28. The van der Waals surface area contributed by atoms with Gasteiger partial charge < -0.3 is 14.6 Å². The third-order valence-electron chi connectivity index (χ3n) is 3.88. The zero-order valence-electron chi connectivity index (χ0n) is 14.5. The molecule has 0 saturated carbocycles. The second-order valence-electron chi connectivity index (χ2n) is 6.09. The first-order valence-electron chi connectivity index (χ1n) is 7.86. The number of nitrogens with one attached hydrogen (secondary N) is 1. The molecule has 0 radical (unpaired) electrons. The van der Waals surface area contributed by atoms with E-state index < -0.39 is 0 Å². The summed E-state index contributed by atoms with van der Waals surface area (Å²) in [4.78, 5) is 22.9. The Balaban J connectivity index is 1.79. The molecule has 3 rings (SSSR count). The largest absolute Gasteiger partial charge is 0.459 e. The second kappa shape index (κ2) is 6.72. The Labute approximate surface area is 150 Å². The summed E-state index contributed by atoms with van der Waals surface area (Å²) in [5, 5.41) is 4.46. The summed E-state index contributed by atoms with van der Waals surface area (Å²) in [5.41, 5.74) is 1.80. The normalized spacial score (nSPS) is 12.2. The Kier molecular flexibility index (Phi) is 4.63. The Bertz CT molecular complexity index is 936.